The summed E-state index contributed by atoms with van der Waals surface area (Å²) in [7, 11) is 3.20. The monoisotopic (exact) mass is 370 g/mol. The number of hydrogen-bond acceptors (Lipinski definition) is 6. The van der Waals surface area contributed by atoms with E-state index in [-0.39, 0.29) is 12.5 Å². The molecule has 3 aromatic rings. The zero-order valence-corrected chi connectivity index (χ0v) is 15.3. The average molecular weight is 370 g/mol. The van der Waals surface area contributed by atoms with E-state index in [1.165, 1.54) is 7.11 Å². The number of carbonyl (C=O) groups is 2. The lowest BCUT2D eigenvalue weighted by Gasteiger charge is -2.17. The van der Waals surface area contributed by atoms with Crippen molar-refractivity contribution in [1.29, 1.82) is 0 Å². The van der Waals surface area contributed by atoms with Crippen molar-refractivity contribution in [2.75, 3.05) is 20.8 Å². The summed E-state index contributed by atoms with van der Waals surface area (Å²) in [6.07, 6.45) is 0.725. The number of amides is 1. The van der Waals surface area contributed by atoms with Crippen molar-refractivity contribution in [3.8, 4) is 11.5 Å². The molecule has 3 rings (SSSR count). The van der Waals surface area contributed by atoms with Crippen LogP contribution in [0, 0.1) is 0 Å². The molecule has 0 aliphatic carbocycles. The molecule has 0 fully saturated rings. The van der Waals surface area contributed by atoms with Gasteiger partial charge >= 0.3 is 0 Å². The van der Waals surface area contributed by atoms with Crippen molar-refractivity contribution in [2.45, 2.75) is 6.54 Å². The van der Waals surface area contributed by atoms with Gasteiger partial charge in [0.25, 0.3) is 5.91 Å². The van der Waals surface area contributed by atoms with Gasteiger partial charge in [-0.1, -0.05) is 12.1 Å². The van der Waals surface area contributed by atoms with Gasteiger partial charge in [-0.2, -0.15) is 0 Å². The Morgan fingerprint density at radius 2 is 2.04 bits per heavy atom. The molecular weight excluding hydrogens is 352 g/mol. The number of ether oxygens (including phenoxy) is 2. The highest BCUT2D eigenvalue weighted by molar-refractivity contribution is 7.18. The van der Waals surface area contributed by atoms with Crippen LogP contribution in [-0.2, 0) is 11.3 Å². The Balaban J connectivity index is 1.61. The highest BCUT2D eigenvalue weighted by Crippen LogP contribution is 2.27. The number of aromatic nitrogens is 1. The number of aldehydes is 1. The van der Waals surface area contributed by atoms with Crippen molar-refractivity contribution in [3.05, 3.63) is 53.0 Å². The van der Waals surface area contributed by atoms with Crippen LogP contribution in [0.5, 0.6) is 11.5 Å². The summed E-state index contributed by atoms with van der Waals surface area (Å²) >= 11 is 1.57. The SMILES string of the molecule is COc1cc(C=O)ccc1OCC(=O)N(C)Cc1nc2ccccc2s1. The number of hydrogen-bond donors (Lipinski definition) is 0. The summed E-state index contributed by atoms with van der Waals surface area (Å²) in [5.41, 5.74) is 1.41. The third kappa shape index (κ3) is 4.00. The molecule has 0 N–H and O–H groups in total. The van der Waals surface area contributed by atoms with Crippen LogP contribution in [-0.4, -0.2) is 42.8 Å². The molecule has 0 radical (unpaired) electrons. The third-order valence-electron chi connectivity index (χ3n) is 3.81. The summed E-state index contributed by atoms with van der Waals surface area (Å²) in [5, 5.41) is 0.870. The lowest BCUT2D eigenvalue weighted by molar-refractivity contribution is -0.132. The molecule has 0 bridgehead atoms. The molecule has 6 nitrogen and oxygen atoms in total. The molecule has 0 saturated heterocycles. The van der Waals surface area contributed by atoms with Crippen LogP contribution < -0.4 is 9.47 Å². The zero-order chi connectivity index (χ0) is 18.5. The van der Waals surface area contributed by atoms with Crippen molar-refractivity contribution < 1.29 is 19.1 Å². The van der Waals surface area contributed by atoms with Gasteiger partial charge in [-0.15, -0.1) is 11.3 Å². The predicted molar refractivity (Wildman–Crippen MR) is 100.0 cm³/mol. The molecule has 0 atom stereocenters. The van der Waals surface area contributed by atoms with E-state index in [2.05, 4.69) is 4.98 Å². The first-order valence-corrected chi connectivity index (χ1v) is 8.77. The Kier molecular flexibility index (Phi) is 5.48. The molecule has 2 aromatic carbocycles. The highest BCUT2D eigenvalue weighted by Gasteiger charge is 2.14. The van der Waals surface area contributed by atoms with Gasteiger partial charge in [-0.3, -0.25) is 9.59 Å². The average Bonchev–Trinajstić information content (AvgIpc) is 3.08. The third-order valence-corrected chi connectivity index (χ3v) is 4.83. The van der Waals surface area contributed by atoms with Gasteiger partial charge in [0.1, 0.15) is 11.3 Å². The second kappa shape index (κ2) is 7.97. The number of methoxy groups -OCH3 is 1. The number of benzene rings is 2. The summed E-state index contributed by atoms with van der Waals surface area (Å²) < 4.78 is 11.8. The van der Waals surface area contributed by atoms with Crippen LogP contribution in [0.1, 0.15) is 15.4 Å². The Morgan fingerprint density at radius 3 is 2.77 bits per heavy atom. The molecule has 1 amide bonds. The summed E-state index contributed by atoms with van der Waals surface area (Å²) in [6, 6.07) is 12.7. The maximum absolute atomic E-state index is 12.3. The van der Waals surface area contributed by atoms with E-state index >= 15 is 0 Å². The van der Waals surface area contributed by atoms with Crippen LogP contribution in [0.3, 0.4) is 0 Å². The normalized spacial score (nSPS) is 10.5. The van der Waals surface area contributed by atoms with Gasteiger partial charge in [-0.05, 0) is 30.3 Å². The van der Waals surface area contributed by atoms with Crippen LogP contribution in [0.15, 0.2) is 42.5 Å². The second-order valence-electron chi connectivity index (χ2n) is 5.64. The maximum atomic E-state index is 12.3. The molecule has 7 heteroatoms. The lowest BCUT2D eigenvalue weighted by Crippen LogP contribution is -2.30. The summed E-state index contributed by atoms with van der Waals surface area (Å²) in [4.78, 5) is 29.3. The van der Waals surface area contributed by atoms with E-state index in [0.717, 1.165) is 21.5 Å². The number of para-hydroxylation sites is 1. The zero-order valence-electron chi connectivity index (χ0n) is 14.5. The summed E-state index contributed by atoms with van der Waals surface area (Å²) in [6.45, 7) is 0.293. The van der Waals surface area contributed by atoms with E-state index in [1.807, 2.05) is 24.3 Å². The Hall–Kier alpha value is -2.93. The van der Waals surface area contributed by atoms with Gasteiger partial charge < -0.3 is 14.4 Å². The van der Waals surface area contributed by atoms with Gasteiger partial charge in [0.05, 0.1) is 23.9 Å². The smallest absolute Gasteiger partial charge is 0.260 e. The molecular formula is C19H18N2O4S. The van der Waals surface area contributed by atoms with E-state index < -0.39 is 0 Å². The van der Waals surface area contributed by atoms with E-state index in [9.17, 15) is 9.59 Å². The van der Waals surface area contributed by atoms with Crippen molar-refractivity contribution >= 4 is 33.7 Å². The number of carbonyl (C=O) groups excluding carboxylic acids is 2. The number of rotatable bonds is 7. The molecule has 1 heterocycles. The first kappa shape index (κ1) is 17.9. The second-order valence-corrected chi connectivity index (χ2v) is 6.76. The first-order chi connectivity index (χ1) is 12.6. The topological polar surface area (TPSA) is 68.7 Å². The van der Waals surface area contributed by atoms with E-state index in [0.29, 0.717) is 23.6 Å². The Labute approximate surface area is 155 Å². The van der Waals surface area contributed by atoms with Crippen LogP contribution in [0.4, 0.5) is 0 Å². The minimum Gasteiger partial charge on any atom is -0.493 e. The predicted octanol–water partition coefficient (Wildman–Crippen LogP) is 3.15. The molecule has 1 aromatic heterocycles. The summed E-state index contributed by atoms with van der Waals surface area (Å²) in [5.74, 6) is 0.654. The largest absolute Gasteiger partial charge is 0.493 e. The molecule has 0 spiro atoms. The molecule has 0 unspecified atom stereocenters. The molecule has 26 heavy (non-hydrogen) atoms. The number of fused-ring (bicyclic) bond motifs is 1. The minimum absolute atomic E-state index is 0.127. The molecule has 0 aliphatic heterocycles. The standard InChI is InChI=1S/C19H18N2O4S/c1-21(10-18-20-14-5-3-4-6-17(14)26-18)19(23)12-25-15-8-7-13(11-22)9-16(15)24-2/h3-9,11H,10,12H2,1-2H3. The minimum atomic E-state index is -0.175. The maximum Gasteiger partial charge on any atom is 0.260 e. The molecule has 0 aliphatic rings. The van der Waals surface area contributed by atoms with Gasteiger partial charge in [0.15, 0.2) is 18.1 Å². The van der Waals surface area contributed by atoms with Gasteiger partial charge in [0, 0.05) is 12.6 Å². The fourth-order valence-corrected chi connectivity index (χ4v) is 3.43. The molecule has 0 saturated carbocycles. The van der Waals surface area contributed by atoms with Crippen molar-refractivity contribution in [3.63, 3.8) is 0 Å². The number of nitrogens with zero attached hydrogens (tertiary/aromatic N) is 2. The quantitative estimate of drug-likeness (QED) is 0.598. The lowest BCUT2D eigenvalue weighted by atomic mass is 10.2. The van der Waals surface area contributed by atoms with Gasteiger partial charge in [-0.25, -0.2) is 4.98 Å². The van der Waals surface area contributed by atoms with Crippen LogP contribution in [0.2, 0.25) is 0 Å². The van der Waals surface area contributed by atoms with Crippen LogP contribution in [0.25, 0.3) is 10.2 Å². The van der Waals surface area contributed by atoms with E-state index in [1.54, 1.807) is 41.5 Å². The van der Waals surface area contributed by atoms with E-state index in [4.69, 9.17) is 9.47 Å². The van der Waals surface area contributed by atoms with Crippen molar-refractivity contribution in [2.24, 2.45) is 0 Å². The number of thiazole rings is 1. The molecule has 134 valence electrons. The Bertz CT molecular complexity index is 905. The van der Waals surface area contributed by atoms with Gasteiger partial charge in [0.2, 0.25) is 0 Å². The first-order valence-electron chi connectivity index (χ1n) is 7.95. The Morgan fingerprint density at radius 1 is 1.23 bits per heavy atom. The fourth-order valence-electron chi connectivity index (χ4n) is 2.41. The number of likely N-dealkylation sites (N-methyl/N-ethyl adjacent to an activating group) is 1. The van der Waals surface area contributed by atoms with Crippen molar-refractivity contribution in [1.82, 2.24) is 9.88 Å². The fraction of sp³-hybridized carbons (Fsp3) is 0.211. The van der Waals surface area contributed by atoms with Crippen LogP contribution >= 0.6 is 11.3 Å². The highest BCUT2D eigenvalue weighted by atomic mass is 32.1.